The van der Waals surface area contributed by atoms with Gasteiger partial charge in [-0.3, -0.25) is 18.6 Å². The molecule has 4 atom stereocenters. The van der Waals surface area contributed by atoms with Gasteiger partial charge in [0.15, 0.2) is 6.10 Å². The maximum absolute atomic E-state index is 12.6. The number of ether oxygens (including phenoxy) is 2. The van der Waals surface area contributed by atoms with Crippen LogP contribution in [0.3, 0.4) is 0 Å². The van der Waals surface area contributed by atoms with Gasteiger partial charge >= 0.3 is 19.8 Å². The molecule has 0 rings (SSSR count). The molecule has 0 aliphatic heterocycles. The smallest absolute Gasteiger partial charge is 0.462 e. The first-order valence-corrected chi connectivity index (χ1v) is 22.5. The van der Waals surface area contributed by atoms with Crippen LogP contribution in [0.25, 0.3) is 0 Å². The number of nitrogens with two attached hydrogens (primary N) is 1. The molecule has 1 unspecified atom stereocenters. The normalized spacial score (nSPS) is 14.8. The molecule has 0 saturated carbocycles. The van der Waals surface area contributed by atoms with Gasteiger partial charge in [0.05, 0.1) is 25.4 Å². The molecule has 0 amide bonds. The minimum atomic E-state index is -4.41. The maximum atomic E-state index is 12.6. The first-order chi connectivity index (χ1) is 25.6. The van der Waals surface area contributed by atoms with Crippen molar-refractivity contribution in [1.82, 2.24) is 0 Å². The van der Waals surface area contributed by atoms with Gasteiger partial charge < -0.3 is 30.3 Å². The highest BCUT2D eigenvalue weighted by atomic mass is 31.2. The van der Waals surface area contributed by atoms with Crippen LogP contribution >= 0.6 is 7.82 Å². The zero-order valence-corrected chi connectivity index (χ0v) is 34.4. The summed E-state index contributed by atoms with van der Waals surface area (Å²) in [5.74, 6) is -0.944. The minimum absolute atomic E-state index is 0.0305. The van der Waals surface area contributed by atoms with E-state index in [2.05, 4.69) is 32.1 Å². The largest absolute Gasteiger partial charge is 0.472 e. The fourth-order valence-electron chi connectivity index (χ4n) is 5.71. The predicted octanol–water partition coefficient (Wildman–Crippen LogP) is 9.55. The lowest BCUT2D eigenvalue weighted by molar-refractivity contribution is -0.161. The Morgan fingerprint density at radius 2 is 1.11 bits per heavy atom. The Morgan fingerprint density at radius 3 is 1.72 bits per heavy atom. The Hall–Kier alpha value is -1.59. The van der Waals surface area contributed by atoms with Gasteiger partial charge in [0, 0.05) is 19.4 Å². The molecule has 0 fully saturated rings. The van der Waals surface area contributed by atoms with Crippen LogP contribution in [0.15, 0.2) is 24.3 Å². The third-order valence-electron chi connectivity index (χ3n) is 9.01. The number of rotatable bonds is 39. The minimum Gasteiger partial charge on any atom is -0.462 e. The van der Waals surface area contributed by atoms with E-state index in [1.54, 1.807) is 0 Å². The third kappa shape index (κ3) is 35.8. The van der Waals surface area contributed by atoms with Crippen LogP contribution in [0.5, 0.6) is 0 Å². The van der Waals surface area contributed by atoms with Crippen molar-refractivity contribution >= 4 is 19.8 Å². The molecule has 0 aromatic heterocycles. The number of phosphoric acid groups is 1. The SMILES string of the molecule is CCCCC/C=C\C[C@@H](O)[C@H](O)CCCCCCCC(=O)OC[C@H](COP(=O)(O)OCCN)OC(=O)CCCCCCCCC/C=C\CCCCCC. The molecule has 11 nitrogen and oxygen atoms in total. The summed E-state index contributed by atoms with van der Waals surface area (Å²) in [4.78, 5) is 34.8. The van der Waals surface area contributed by atoms with E-state index in [4.69, 9.17) is 24.3 Å². The van der Waals surface area contributed by atoms with Crippen LogP contribution < -0.4 is 5.73 Å². The second kappa shape index (κ2) is 37.3. The van der Waals surface area contributed by atoms with E-state index in [-0.39, 0.29) is 32.6 Å². The summed E-state index contributed by atoms with van der Waals surface area (Å²) >= 11 is 0. The highest BCUT2D eigenvalue weighted by molar-refractivity contribution is 7.47. The molecule has 0 heterocycles. The van der Waals surface area contributed by atoms with Crippen molar-refractivity contribution in [3.8, 4) is 0 Å². The van der Waals surface area contributed by atoms with Crippen molar-refractivity contribution in [2.45, 2.75) is 199 Å². The van der Waals surface area contributed by atoms with Gasteiger partial charge in [-0.1, -0.05) is 128 Å². The average molecular weight is 776 g/mol. The van der Waals surface area contributed by atoms with Crippen LogP contribution in [-0.2, 0) is 32.7 Å². The van der Waals surface area contributed by atoms with E-state index in [1.807, 2.05) is 6.08 Å². The summed E-state index contributed by atoms with van der Waals surface area (Å²) in [6, 6.07) is 0. The molecule has 0 saturated heterocycles. The molecule has 0 aromatic carbocycles. The van der Waals surface area contributed by atoms with Crippen LogP contribution in [0.1, 0.15) is 181 Å². The Labute approximate surface area is 322 Å². The lowest BCUT2D eigenvalue weighted by Crippen LogP contribution is -2.29. The first-order valence-electron chi connectivity index (χ1n) is 21.0. The topological polar surface area (TPSA) is 175 Å². The van der Waals surface area contributed by atoms with Crippen molar-refractivity contribution in [3.05, 3.63) is 24.3 Å². The number of hydrogen-bond acceptors (Lipinski definition) is 10. The summed E-state index contributed by atoms with van der Waals surface area (Å²) in [7, 11) is -4.41. The number of carbonyl (C=O) groups is 2. The van der Waals surface area contributed by atoms with Gasteiger partial charge in [0.25, 0.3) is 0 Å². The number of allylic oxidation sites excluding steroid dienone is 3. The first kappa shape index (κ1) is 51.4. The Balaban J connectivity index is 4.29. The highest BCUT2D eigenvalue weighted by Crippen LogP contribution is 2.43. The molecule has 53 heavy (non-hydrogen) atoms. The summed E-state index contributed by atoms with van der Waals surface area (Å²) in [6.07, 6.45) is 30.8. The van der Waals surface area contributed by atoms with E-state index < -0.39 is 44.7 Å². The van der Waals surface area contributed by atoms with Crippen molar-refractivity contribution in [2.24, 2.45) is 5.73 Å². The van der Waals surface area contributed by atoms with Gasteiger partial charge in [0.1, 0.15) is 6.61 Å². The van der Waals surface area contributed by atoms with Crippen molar-refractivity contribution in [2.75, 3.05) is 26.4 Å². The second-order valence-electron chi connectivity index (χ2n) is 14.2. The number of unbranched alkanes of at least 4 members (excludes halogenated alkanes) is 18. The zero-order valence-electron chi connectivity index (χ0n) is 33.5. The monoisotopic (exact) mass is 776 g/mol. The van der Waals surface area contributed by atoms with Gasteiger partial charge in [-0.15, -0.1) is 0 Å². The molecule has 0 aliphatic rings. The summed E-state index contributed by atoms with van der Waals surface area (Å²) in [5.41, 5.74) is 5.33. The van der Waals surface area contributed by atoms with E-state index >= 15 is 0 Å². The summed E-state index contributed by atoms with van der Waals surface area (Å²) in [5, 5.41) is 20.4. The zero-order chi connectivity index (χ0) is 39.3. The van der Waals surface area contributed by atoms with E-state index in [0.717, 1.165) is 64.2 Å². The van der Waals surface area contributed by atoms with Crippen molar-refractivity contribution in [3.63, 3.8) is 0 Å². The molecule has 0 spiro atoms. The molecular formula is C41H78NO10P. The van der Waals surface area contributed by atoms with Gasteiger partial charge in [-0.2, -0.15) is 0 Å². The van der Waals surface area contributed by atoms with Gasteiger partial charge in [-0.05, 0) is 64.2 Å². The molecular weight excluding hydrogens is 697 g/mol. The lowest BCUT2D eigenvalue weighted by Gasteiger charge is -2.20. The number of carbonyl (C=O) groups excluding carboxylic acids is 2. The molecule has 5 N–H and O–H groups in total. The van der Waals surface area contributed by atoms with Crippen LogP contribution in [0.2, 0.25) is 0 Å². The number of esters is 2. The third-order valence-corrected chi connectivity index (χ3v) is 9.99. The standard InChI is InChI=1S/C41H78NO10P/c1-3-5-7-9-11-12-13-14-15-16-17-18-19-23-28-32-41(46)52-37(36-51-53(47,48)50-34-33-42)35-49-40(45)31-27-24-20-22-26-30-39(44)38(43)29-25-21-10-8-6-4-2/h12-13,21,25,37-39,43-44H,3-11,14-20,22-24,26-36,42H2,1-2H3,(H,47,48)/b13-12-,25-21-/t37-,38-,39-/m1/s1. The molecule has 0 aliphatic carbocycles. The summed E-state index contributed by atoms with van der Waals surface area (Å²) in [6.45, 7) is 3.48. The quantitative estimate of drug-likeness (QED) is 0.0203. The molecule has 0 radical (unpaired) electrons. The Morgan fingerprint density at radius 1 is 0.623 bits per heavy atom. The molecule has 312 valence electrons. The maximum Gasteiger partial charge on any atom is 0.472 e. The number of phosphoric ester groups is 1. The number of aliphatic hydroxyl groups excluding tert-OH is 2. The fraction of sp³-hybridized carbons (Fsp3) is 0.854. The fourth-order valence-corrected chi connectivity index (χ4v) is 6.48. The van der Waals surface area contributed by atoms with E-state index in [1.165, 1.54) is 64.2 Å². The highest BCUT2D eigenvalue weighted by Gasteiger charge is 2.26. The van der Waals surface area contributed by atoms with Crippen LogP contribution in [0, 0.1) is 0 Å². The Kier molecular flexibility index (Phi) is 36.2. The number of aliphatic hydroxyl groups is 2. The van der Waals surface area contributed by atoms with E-state index in [9.17, 15) is 29.3 Å². The molecule has 0 bridgehead atoms. The van der Waals surface area contributed by atoms with Gasteiger partial charge in [0.2, 0.25) is 0 Å². The second-order valence-corrected chi connectivity index (χ2v) is 15.6. The van der Waals surface area contributed by atoms with Crippen molar-refractivity contribution in [1.29, 1.82) is 0 Å². The van der Waals surface area contributed by atoms with Crippen LogP contribution in [0.4, 0.5) is 0 Å². The molecule has 0 aromatic rings. The van der Waals surface area contributed by atoms with E-state index in [0.29, 0.717) is 25.7 Å². The molecule has 12 heteroatoms. The lowest BCUT2D eigenvalue weighted by atomic mass is 10.0. The predicted molar refractivity (Wildman–Crippen MR) is 213 cm³/mol. The van der Waals surface area contributed by atoms with Gasteiger partial charge in [-0.25, -0.2) is 4.57 Å². The summed E-state index contributed by atoms with van der Waals surface area (Å²) < 4.78 is 32.6. The van der Waals surface area contributed by atoms with Crippen LogP contribution in [-0.4, -0.2) is 71.7 Å². The van der Waals surface area contributed by atoms with Crippen molar-refractivity contribution < 1.29 is 47.8 Å². The number of hydrogen-bond donors (Lipinski definition) is 4. The average Bonchev–Trinajstić information content (AvgIpc) is 3.14. The Bertz CT molecular complexity index is 963.